The zero-order chi connectivity index (χ0) is 8.60. The molecule has 1 aromatic rings. The van der Waals surface area contributed by atoms with Gasteiger partial charge in [-0.15, -0.1) is 0 Å². The molecule has 1 fully saturated rings. The van der Waals surface area contributed by atoms with Gasteiger partial charge in [-0.1, -0.05) is 6.92 Å². The third-order valence-electron chi connectivity index (χ3n) is 2.90. The number of hydrogen-bond acceptors (Lipinski definition) is 1. The minimum Gasteiger partial charge on any atom is -0.357 e. The fourth-order valence-electron chi connectivity index (χ4n) is 1.92. The van der Waals surface area contributed by atoms with Gasteiger partial charge >= 0.3 is 0 Å². The van der Waals surface area contributed by atoms with E-state index in [0.29, 0.717) is 5.41 Å². The predicted octanol–water partition coefficient (Wildman–Crippen LogP) is 1.28. The van der Waals surface area contributed by atoms with Crippen LogP contribution in [0.4, 0.5) is 0 Å². The van der Waals surface area contributed by atoms with E-state index >= 15 is 0 Å². The van der Waals surface area contributed by atoms with Gasteiger partial charge in [0.25, 0.3) is 0 Å². The van der Waals surface area contributed by atoms with Crippen LogP contribution in [0.25, 0.3) is 0 Å². The maximum atomic E-state index is 3.41. The third kappa shape index (κ3) is 1.16. The number of nitrogens with one attached hydrogen (secondary N) is 1. The van der Waals surface area contributed by atoms with Crippen LogP contribution in [0.15, 0.2) is 18.5 Å². The van der Waals surface area contributed by atoms with Crippen molar-refractivity contribution >= 4 is 0 Å². The molecule has 1 aromatic heterocycles. The van der Waals surface area contributed by atoms with Gasteiger partial charge in [-0.2, -0.15) is 0 Å². The minimum atomic E-state index is 0.376. The molecule has 0 aromatic carbocycles. The van der Waals surface area contributed by atoms with E-state index in [0.717, 1.165) is 13.1 Å². The summed E-state index contributed by atoms with van der Waals surface area (Å²) >= 11 is 0. The second-order valence-corrected chi connectivity index (χ2v) is 4.05. The molecule has 66 valence electrons. The van der Waals surface area contributed by atoms with E-state index in [-0.39, 0.29) is 0 Å². The molecule has 2 heteroatoms. The van der Waals surface area contributed by atoms with E-state index < -0.39 is 0 Å². The molecule has 0 spiro atoms. The molecule has 2 nitrogen and oxygen atoms in total. The van der Waals surface area contributed by atoms with Crippen LogP contribution in [0.5, 0.6) is 0 Å². The predicted molar refractivity (Wildman–Crippen MR) is 50.3 cm³/mol. The van der Waals surface area contributed by atoms with Crippen LogP contribution in [0.2, 0.25) is 0 Å². The average Bonchev–Trinajstić information content (AvgIpc) is 2.59. The number of aryl methyl sites for hydroxylation is 1. The van der Waals surface area contributed by atoms with E-state index in [1.54, 1.807) is 0 Å². The van der Waals surface area contributed by atoms with Gasteiger partial charge in [0.1, 0.15) is 0 Å². The summed E-state index contributed by atoms with van der Waals surface area (Å²) in [7, 11) is 2.08. The summed E-state index contributed by atoms with van der Waals surface area (Å²) < 4.78 is 2.12. The first kappa shape index (κ1) is 7.87. The highest BCUT2D eigenvalue weighted by Crippen LogP contribution is 2.29. The second-order valence-electron chi connectivity index (χ2n) is 4.05. The normalized spacial score (nSPS) is 29.5. The topological polar surface area (TPSA) is 17.0 Å². The Balaban J connectivity index is 2.28. The van der Waals surface area contributed by atoms with Crippen molar-refractivity contribution in [3.05, 3.63) is 24.0 Å². The van der Waals surface area contributed by atoms with Crippen molar-refractivity contribution in [1.29, 1.82) is 0 Å². The van der Waals surface area contributed by atoms with E-state index in [1.807, 2.05) is 0 Å². The van der Waals surface area contributed by atoms with Crippen molar-refractivity contribution < 1.29 is 0 Å². The summed E-state index contributed by atoms with van der Waals surface area (Å²) in [6, 6.07) is 2.23. The summed E-state index contributed by atoms with van der Waals surface area (Å²) in [6.07, 6.45) is 5.61. The fraction of sp³-hybridized carbons (Fsp3) is 0.600. The van der Waals surface area contributed by atoms with Gasteiger partial charge in [0.15, 0.2) is 0 Å². The van der Waals surface area contributed by atoms with Gasteiger partial charge in [0, 0.05) is 31.4 Å². The third-order valence-corrected chi connectivity index (χ3v) is 2.90. The van der Waals surface area contributed by atoms with Crippen LogP contribution in [0, 0.1) is 0 Å². The SMILES string of the molecule is Cn1ccc(C2(C)CCNC2)c1. The highest BCUT2D eigenvalue weighted by Gasteiger charge is 2.30. The van der Waals surface area contributed by atoms with Gasteiger partial charge in [-0.25, -0.2) is 0 Å². The molecule has 0 radical (unpaired) electrons. The molecule has 0 amide bonds. The molecule has 0 aliphatic carbocycles. The van der Waals surface area contributed by atoms with Crippen molar-refractivity contribution in [2.75, 3.05) is 13.1 Å². The molecule has 2 rings (SSSR count). The first-order valence-corrected chi connectivity index (χ1v) is 4.54. The van der Waals surface area contributed by atoms with E-state index in [9.17, 15) is 0 Å². The molecular weight excluding hydrogens is 148 g/mol. The van der Waals surface area contributed by atoms with Gasteiger partial charge in [-0.05, 0) is 24.6 Å². The van der Waals surface area contributed by atoms with Crippen LogP contribution in [0.1, 0.15) is 18.9 Å². The van der Waals surface area contributed by atoms with Crippen molar-refractivity contribution in [3.8, 4) is 0 Å². The molecule has 1 aliphatic heterocycles. The second kappa shape index (κ2) is 2.63. The van der Waals surface area contributed by atoms with Gasteiger partial charge in [0.2, 0.25) is 0 Å². The van der Waals surface area contributed by atoms with E-state index in [2.05, 4.69) is 42.3 Å². The number of hydrogen-bond donors (Lipinski definition) is 1. The Hall–Kier alpha value is -0.760. The summed E-state index contributed by atoms with van der Waals surface area (Å²) in [6.45, 7) is 4.62. The van der Waals surface area contributed by atoms with Crippen molar-refractivity contribution in [2.45, 2.75) is 18.8 Å². The fourth-order valence-corrected chi connectivity index (χ4v) is 1.92. The average molecular weight is 164 g/mol. The number of aromatic nitrogens is 1. The smallest absolute Gasteiger partial charge is 0.0106 e. The highest BCUT2D eigenvalue weighted by atomic mass is 14.9. The van der Waals surface area contributed by atoms with Gasteiger partial charge in [-0.3, -0.25) is 0 Å². The zero-order valence-corrected chi connectivity index (χ0v) is 7.80. The molecular formula is C10H16N2. The Morgan fingerprint density at radius 1 is 1.58 bits per heavy atom. The van der Waals surface area contributed by atoms with Gasteiger partial charge < -0.3 is 9.88 Å². The molecule has 2 heterocycles. The lowest BCUT2D eigenvalue weighted by Gasteiger charge is -2.20. The zero-order valence-electron chi connectivity index (χ0n) is 7.80. The Morgan fingerprint density at radius 2 is 2.42 bits per heavy atom. The van der Waals surface area contributed by atoms with Crippen LogP contribution in [-0.4, -0.2) is 17.7 Å². The summed E-state index contributed by atoms with van der Waals surface area (Å²) in [5, 5.41) is 3.41. The monoisotopic (exact) mass is 164 g/mol. The Labute approximate surface area is 73.6 Å². The van der Waals surface area contributed by atoms with Crippen LogP contribution >= 0.6 is 0 Å². The molecule has 1 atom stereocenters. The lowest BCUT2D eigenvalue weighted by atomic mass is 9.84. The van der Waals surface area contributed by atoms with Crippen molar-refractivity contribution in [3.63, 3.8) is 0 Å². The highest BCUT2D eigenvalue weighted by molar-refractivity contribution is 5.23. The number of rotatable bonds is 1. The maximum absolute atomic E-state index is 3.41. The van der Waals surface area contributed by atoms with Crippen LogP contribution in [0.3, 0.4) is 0 Å². The lowest BCUT2D eigenvalue weighted by molar-refractivity contribution is 0.524. The summed E-state index contributed by atoms with van der Waals surface area (Å²) in [5.74, 6) is 0. The van der Waals surface area contributed by atoms with Crippen LogP contribution < -0.4 is 5.32 Å². The molecule has 1 N–H and O–H groups in total. The standard InChI is InChI=1S/C10H16N2/c1-10(4-5-11-8-10)9-3-6-12(2)7-9/h3,6-7,11H,4-5,8H2,1-2H3. The Kier molecular flexibility index (Phi) is 1.72. The molecule has 12 heavy (non-hydrogen) atoms. The molecule has 0 bridgehead atoms. The van der Waals surface area contributed by atoms with E-state index in [4.69, 9.17) is 0 Å². The van der Waals surface area contributed by atoms with Gasteiger partial charge in [0.05, 0.1) is 0 Å². The van der Waals surface area contributed by atoms with Crippen molar-refractivity contribution in [2.24, 2.45) is 7.05 Å². The molecule has 1 saturated heterocycles. The summed E-state index contributed by atoms with van der Waals surface area (Å²) in [5.41, 5.74) is 1.84. The quantitative estimate of drug-likeness (QED) is 0.661. The van der Waals surface area contributed by atoms with Crippen molar-refractivity contribution in [1.82, 2.24) is 9.88 Å². The largest absolute Gasteiger partial charge is 0.357 e. The first-order chi connectivity index (χ1) is 5.71. The number of nitrogens with zero attached hydrogens (tertiary/aromatic N) is 1. The lowest BCUT2D eigenvalue weighted by Crippen LogP contribution is -2.24. The Bertz CT molecular complexity index is 269. The summed E-state index contributed by atoms with van der Waals surface area (Å²) in [4.78, 5) is 0. The van der Waals surface area contributed by atoms with E-state index in [1.165, 1.54) is 12.0 Å². The van der Waals surface area contributed by atoms with Crippen LogP contribution in [-0.2, 0) is 12.5 Å². The maximum Gasteiger partial charge on any atom is 0.0106 e. The molecule has 0 saturated carbocycles. The minimum absolute atomic E-state index is 0.376. The molecule has 1 unspecified atom stereocenters. The Morgan fingerprint density at radius 3 is 2.92 bits per heavy atom. The molecule has 1 aliphatic rings. The first-order valence-electron chi connectivity index (χ1n) is 4.54.